The summed E-state index contributed by atoms with van der Waals surface area (Å²) in [7, 11) is 0. The summed E-state index contributed by atoms with van der Waals surface area (Å²) in [5.41, 5.74) is 5.70. The van der Waals surface area contributed by atoms with E-state index in [-0.39, 0.29) is 17.4 Å². The summed E-state index contributed by atoms with van der Waals surface area (Å²) in [6.45, 7) is 11.3. The van der Waals surface area contributed by atoms with Crippen LogP contribution in [0.3, 0.4) is 0 Å². The summed E-state index contributed by atoms with van der Waals surface area (Å²) in [4.78, 5) is 8.78. The van der Waals surface area contributed by atoms with Crippen LogP contribution in [0.25, 0.3) is 0 Å². The maximum absolute atomic E-state index is 9.02. The van der Waals surface area contributed by atoms with Crippen LogP contribution in [0.1, 0.15) is 46.9 Å². The smallest absolute Gasteiger partial charge is 0.138 e. The zero-order valence-corrected chi connectivity index (χ0v) is 12.6. The van der Waals surface area contributed by atoms with Gasteiger partial charge in [-0.3, -0.25) is 0 Å². The number of aliphatic hydroxyl groups excluding tert-OH is 1. The molecule has 0 fully saturated rings. The number of anilines is 2. The van der Waals surface area contributed by atoms with Gasteiger partial charge < -0.3 is 16.2 Å². The molecule has 0 aliphatic rings. The van der Waals surface area contributed by atoms with Gasteiger partial charge in [0.15, 0.2) is 0 Å². The largest absolute Gasteiger partial charge is 0.396 e. The first-order valence-electron chi connectivity index (χ1n) is 6.64. The van der Waals surface area contributed by atoms with Gasteiger partial charge in [-0.2, -0.15) is 0 Å². The van der Waals surface area contributed by atoms with Gasteiger partial charge in [0.25, 0.3) is 0 Å². The van der Waals surface area contributed by atoms with E-state index in [9.17, 15) is 0 Å². The van der Waals surface area contributed by atoms with Gasteiger partial charge in [-0.1, -0.05) is 34.6 Å². The Morgan fingerprint density at radius 1 is 1.21 bits per heavy atom. The maximum Gasteiger partial charge on any atom is 0.138 e. The summed E-state index contributed by atoms with van der Waals surface area (Å²) < 4.78 is 0. The molecule has 0 atom stereocenters. The lowest BCUT2D eigenvalue weighted by atomic mass is 9.90. The van der Waals surface area contributed by atoms with Crippen LogP contribution in [0.15, 0.2) is 6.07 Å². The molecule has 0 radical (unpaired) electrons. The first-order chi connectivity index (χ1) is 8.64. The Morgan fingerprint density at radius 2 is 1.84 bits per heavy atom. The maximum atomic E-state index is 9.02. The van der Waals surface area contributed by atoms with Crippen molar-refractivity contribution in [2.45, 2.75) is 46.5 Å². The minimum atomic E-state index is -0.133. The normalized spacial score (nSPS) is 12.5. The van der Waals surface area contributed by atoms with Crippen molar-refractivity contribution in [1.82, 2.24) is 9.97 Å². The number of aliphatic hydroxyl groups is 1. The molecular formula is C14H26N4O. The lowest BCUT2D eigenvalue weighted by Gasteiger charge is -2.25. The van der Waals surface area contributed by atoms with Gasteiger partial charge in [0.1, 0.15) is 17.5 Å². The van der Waals surface area contributed by atoms with E-state index in [0.717, 1.165) is 24.6 Å². The van der Waals surface area contributed by atoms with Gasteiger partial charge in [-0.25, -0.2) is 9.97 Å². The molecule has 5 heteroatoms. The van der Waals surface area contributed by atoms with Crippen molar-refractivity contribution in [3.05, 3.63) is 11.9 Å². The van der Waals surface area contributed by atoms with Crippen LogP contribution in [0.2, 0.25) is 0 Å². The van der Waals surface area contributed by atoms with Crippen molar-refractivity contribution in [2.24, 2.45) is 5.41 Å². The number of nitrogens with one attached hydrogen (secondary N) is 1. The lowest BCUT2D eigenvalue weighted by molar-refractivity contribution is 0.220. The van der Waals surface area contributed by atoms with Crippen molar-refractivity contribution < 1.29 is 5.11 Å². The first kappa shape index (κ1) is 15.7. The van der Waals surface area contributed by atoms with Crippen LogP contribution >= 0.6 is 0 Å². The molecule has 19 heavy (non-hydrogen) atoms. The molecule has 1 aromatic rings. The van der Waals surface area contributed by atoms with Crippen molar-refractivity contribution in [2.75, 3.05) is 24.2 Å². The molecule has 0 aliphatic heterocycles. The fourth-order valence-corrected chi connectivity index (χ4v) is 1.61. The molecular weight excluding hydrogens is 240 g/mol. The highest BCUT2D eigenvalue weighted by Gasteiger charge is 2.20. The number of nitrogens with two attached hydrogens (primary N) is 1. The third kappa shape index (κ3) is 5.03. The van der Waals surface area contributed by atoms with Crippen molar-refractivity contribution in [3.8, 4) is 0 Å². The van der Waals surface area contributed by atoms with Gasteiger partial charge in [-0.15, -0.1) is 0 Å². The Balaban J connectivity index is 2.82. The minimum Gasteiger partial charge on any atom is -0.396 e. The van der Waals surface area contributed by atoms with E-state index in [1.165, 1.54) is 0 Å². The fourth-order valence-electron chi connectivity index (χ4n) is 1.61. The molecule has 0 spiro atoms. The Morgan fingerprint density at radius 3 is 2.37 bits per heavy atom. The van der Waals surface area contributed by atoms with Crippen molar-refractivity contribution in [3.63, 3.8) is 0 Å². The Kier molecular flexibility index (Phi) is 4.74. The SMILES string of the molecule is CC(C)(CCO)CNc1cc(N)nc(C(C)(C)C)n1. The second-order valence-corrected chi connectivity index (χ2v) is 6.74. The van der Waals surface area contributed by atoms with Gasteiger partial charge in [0.2, 0.25) is 0 Å². The Bertz CT molecular complexity index is 424. The number of aromatic nitrogens is 2. The summed E-state index contributed by atoms with van der Waals surface area (Å²) in [5.74, 6) is 1.95. The molecule has 1 aromatic heterocycles. The highest BCUT2D eigenvalue weighted by atomic mass is 16.3. The summed E-state index contributed by atoms with van der Waals surface area (Å²) in [6.07, 6.45) is 0.743. The van der Waals surface area contributed by atoms with Crippen LogP contribution in [0.4, 0.5) is 11.6 Å². The molecule has 0 amide bonds. The Labute approximate surface area is 115 Å². The molecule has 4 N–H and O–H groups in total. The van der Waals surface area contributed by atoms with Crippen LogP contribution in [-0.4, -0.2) is 28.2 Å². The van der Waals surface area contributed by atoms with Gasteiger partial charge in [-0.05, 0) is 11.8 Å². The molecule has 1 heterocycles. The highest BCUT2D eigenvalue weighted by Crippen LogP contribution is 2.23. The number of rotatable bonds is 5. The molecule has 0 aromatic carbocycles. The van der Waals surface area contributed by atoms with Crippen LogP contribution < -0.4 is 11.1 Å². The molecule has 0 aliphatic carbocycles. The molecule has 0 bridgehead atoms. The van der Waals surface area contributed by atoms with Crippen LogP contribution in [-0.2, 0) is 5.41 Å². The zero-order valence-electron chi connectivity index (χ0n) is 12.6. The fraction of sp³-hybridized carbons (Fsp3) is 0.714. The zero-order chi connectivity index (χ0) is 14.7. The van der Waals surface area contributed by atoms with Gasteiger partial charge >= 0.3 is 0 Å². The van der Waals surface area contributed by atoms with E-state index in [1.807, 2.05) is 0 Å². The first-order valence-corrected chi connectivity index (χ1v) is 6.64. The number of nitrogens with zero attached hydrogens (tertiary/aromatic N) is 2. The molecule has 1 rings (SSSR count). The van der Waals surface area contributed by atoms with Crippen LogP contribution in [0.5, 0.6) is 0 Å². The van der Waals surface area contributed by atoms with E-state index in [4.69, 9.17) is 10.8 Å². The molecule has 0 unspecified atom stereocenters. The summed E-state index contributed by atoms with van der Waals surface area (Å²) >= 11 is 0. The standard InChI is InChI=1S/C14H26N4O/c1-13(2,3)12-17-10(15)8-11(18-12)16-9-14(4,5)6-7-19/h8,19H,6-7,9H2,1-5H3,(H3,15,16,17,18). The van der Waals surface area contributed by atoms with E-state index >= 15 is 0 Å². The van der Waals surface area contributed by atoms with E-state index in [1.54, 1.807) is 6.07 Å². The lowest BCUT2D eigenvalue weighted by Crippen LogP contribution is -2.25. The predicted molar refractivity (Wildman–Crippen MR) is 79.1 cm³/mol. The summed E-state index contributed by atoms with van der Waals surface area (Å²) in [5, 5.41) is 12.3. The number of hydrogen-bond acceptors (Lipinski definition) is 5. The molecule has 0 saturated heterocycles. The van der Waals surface area contributed by atoms with E-state index in [0.29, 0.717) is 5.82 Å². The van der Waals surface area contributed by atoms with Crippen LogP contribution in [0, 0.1) is 5.41 Å². The average molecular weight is 266 g/mol. The Hall–Kier alpha value is -1.36. The number of hydrogen-bond donors (Lipinski definition) is 3. The second kappa shape index (κ2) is 5.74. The van der Waals surface area contributed by atoms with Crippen molar-refractivity contribution >= 4 is 11.6 Å². The minimum absolute atomic E-state index is 0.0103. The number of nitrogen functional groups attached to an aromatic ring is 1. The monoisotopic (exact) mass is 266 g/mol. The summed E-state index contributed by atoms with van der Waals surface area (Å²) in [6, 6.07) is 1.74. The predicted octanol–water partition coefficient (Wildman–Crippen LogP) is 2.18. The highest BCUT2D eigenvalue weighted by molar-refractivity contribution is 5.45. The quantitative estimate of drug-likeness (QED) is 0.760. The van der Waals surface area contributed by atoms with Gasteiger partial charge in [0, 0.05) is 24.6 Å². The van der Waals surface area contributed by atoms with E-state index in [2.05, 4.69) is 49.9 Å². The van der Waals surface area contributed by atoms with Crippen molar-refractivity contribution in [1.29, 1.82) is 0 Å². The molecule has 108 valence electrons. The topological polar surface area (TPSA) is 84.1 Å². The average Bonchev–Trinajstić information content (AvgIpc) is 2.24. The third-order valence-electron chi connectivity index (χ3n) is 2.95. The molecule has 5 nitrogen and oxygen atoms in total. The third-order valence-corrected chi connectivity index (χ3v) is 2.95. The second-order valence-electron chi connectivity index (χ2n) is 6.74. The van der Waals surface area contributed by atoms with E-state index < -0.39 is 0 Å². The molecule has 0 saturated carbocycles. The van der Waals surface area contributed by atoms with Gasteiger partial charge in [0.05, 0.1) is 0 Å².